The molecular weight excluding hydrogens is 315 g/mol. The van der Waals surface area contributed by atoms with E-state index in [-0.39, 0.29) is 5.82 Å². The quantitative estimate of drug-likeness (QED) is 0.905. The molecule has 0 radical (unpaired) electrons. The molecule has 4 nitrogen and oxygen atoms in total. The van der Waals surface area contributed by atoms with E-state index in [0.717, 1.165) is 30.7 Å². The summed E-state index contributed by atoms with van der Waals surface area (Å²) in [7, 11) is 0. The van der Waals surface area contributed by atoms with E-state index in [1.807, 2.05) is 12.1 Å². The van der Waals surface area contributed by atoms with Crippen molar-refractivity contribution in [2.75, 3.05) is 18.4 Å². The van der Waals surface area contributed by atoms with Gasteiger partial charge in [-0.3, -0.25) is 0 Å². The van der Waals surface area contributed by atoms with E-state index in [0.29, 0.717) is 22.3 Å². The number of fused-ring (bicyclic) bond motifs is 1. The highest BCUT2D eigenvalue weighted by Crippen LogP contribution is 2.35. The van der Waals surface area contributed by atoms with Crippen LogP contribution in [0.15, 0.2) is 30.3 Å². The highest BCUT2D eigenvalue weighted by Gasteiger charge is 2.37. The number of halogens is 2. The van der Waals surface area contributed by atoms with Gasteiger partial charge in [-0.1, -0.05) is 11.6 Å². The first-order chi connectivity index (χ1) is 11.2. The van der Waals surface area contributed by atoms with E-state index in [1.54, 1.807) is 0 Å². The Kier molecular flexibility index (Phi) is 3.91. The Balaban J connectivity index is 1.47. The van der Waals surface area contributed by atoms with Crippen LogP contribution >= 0.6 is 11.6 Å². The molecule has 0 bridgehead atoms. The number of nitrogens with one attached hydrogen (secondary N) is 2. The number of aromatic nitrogens is 2. The van der Waals surface area contributed by atoms with Gasteiger partial charge in [0.05, 0.1) is 10.7 Å². The lowest BCUT2D eigenvalue weighted by Crippen LogP contribution is -2.21. The number of rotatable bonds is 3. The van der Waals surface area contributed by atoms with Crippen LogP contribution in [0.3, 0.4) is 0 Å². The molecule has 120 valence electrons. The van der Waals surface area contributed by atoms with Gasteiger partial charge >= 0.3 is 0 Å². The van der Waals surface area contributed by atoms with Crippen LogP contribution in [0.5, 0.6) is 0 Å². The number of benzene rings is 1. The first kappa shape index (κ1) is 14.8. The van der Waals surface area contributed by atoms with Crippen molar-refractivity contribution in [2.45, 2.75) is 18.9 Å². The van der Waals surface area contributed by atoms with Crippen LogP contribution in [-0.4, -0.2) is 29.3 Å². The van der Waals surface area contributed by atoms with Gasteiger partial charge in [0, 0.05) is 11.6 Å². The molecule has 4 rings (SSSR count). The summed E-state index contributed by atoms with van der Waals surface area (Å²) < 4.78 is 13.4. The van der Waals surface area contributed by atoms with Crippen molar-refractivity contribution in [2.24, 2.45) is 11.8 Å². The van der Waals surface area contributed by atoms with Crippen molar-refractivity contribution in [1.29, 1.82) is 0 Å². The molecule has 1 aliphatic heterocycles. The van der Waals surface area contributed by atoms with Crippen molar-refractivity contribution in [1.82, 2.24) is 15.5 Å². The van der Waals surface area contributed by atoms with Gasteiger partial charge in [-0.15, -0.1) is 10.2 Å². The smallest absolute Gasteiger partial charge is 0.148 e. The van der Waals surface area contributed by atoms with Gasteiger partial charge in [0.1, 0.15) is 11.6 Å². The Bertz CT molecular complexity index is 694. The van der Waals surface area contributed by atoms with E-state index < -0.39 is 0 Å². The van der Waals surface area contributed by atoms with Crippen molar-refractivity contribution < 1.29 is 4.39 Å². The van der Waals surface area contributed by atoms with Crippen LogP contribution in [0.25, 0.3) is 11.3 Å². The molecule has 1 saturated carbocycles. The average Bonchev–Trinajstić information content (AvgIpc) is 3.12. The fraction of sp³-hybridized carbons (Fsp3) is 0.412. The molecule has 2 heterocycles. The van der Waals surface area contributed by atoms with Gasteiger partial charge in [-0.2, -0.15) is 0 Å². The average molecular weight is 333 g/mol. The zero-order valence-electron chi connectivity index (χ0n) is 12.6. The van der Waals surface area contributed by atoms with E-state index >= 15 is 0 Å². The molecule has 3 atom stereocenters. The lowest BCUT2D eigenvalue weighted by molar-refractivity contribution is 0.494. The van der Waals surface area contributed by atoms with Crippen molar-refractivity contribution >= 4 is 17.4 Å². The lowest BCUT2D eigenvalue weighted by atomic mass is 10.0. The minimum Gasteiger partial charge on any atom is -0.366 e. The zero-order chi connectivity index (χ0) is 15.8. The number of hydrogen-bond donors (Lipinski definition) is 2. The second kappa shape index (κ2) is 6.06. The van der Waals surface area contributed by atoms with Crippen LogP contribution in [-0.2, 0) is 0 Å². The van der Waals surface area contributed by atoms with Crippen LogP contribution in [0.4, 0.5) is 10.2 Å². The van der Waals surface area contributed by atoms with Gasteiger partial charge in [0.15, 0.2) is 0 Å². The van der Waals surface area contributed by atoms with Crippen molar-refractivity contribution in [3.63, 3.8) is 0 Å². The third kappa shape index (κ3) is 3.03. The third-order valence-electron chi connectivity index (χ3n) is 4.88. The number of anilines is 1. The third-order valence-corrected chi connectivity index (χ3v) is 5.20. The zero-order valence-corrected chi connectivity index (χ0v) is 13.4. The van der Waals surface area contributed by atoms with Gasteiger partial charge in [0.2, 0.25) is 0 Å². The SMILES string of the molecule is Fc1ccc(Cl)c(-c2ccc(NC3CC4CNC[C@H]4C3)nn2)c1. The molecule has 2 fully saturated rings. The Morgan fingerprint density at radius 3 is 2.57 bits per heavy atom. The second-order valence-electron chi connectivity index (χ2n) is 6.42. The molecule has 2 aliphatic rings. The van der Waals surface area contributed by atoms with Crippen LogP contribution in [0, 0.1) is 17.7 Å². The summed E-state index contributed by atoms with van der Waals surface area (Å²) in [4.78, 5) is 0. The molecule has 2 aromatic rings. The van der Waals surface area contributed by atoms with Gasteiger partial charge in [-0.25, -0.2) is 4.39 Å². The monoisotopic (exact) mass is 332 g/mol. The summed E-state index contributed by atoms with van der Waals surface area (Å²) in [6.45, 7) is 2.26. The normalized spacial score (nSPS) is 26.3. The molecule has 1 aromatic carbocycles. The summed E-state index contributed by atoms with van der Waals surface area (Å²) >= 11 is 6.11. The number of nitrogens with zero attached hydrogens (tertiary/aromatic N) is 2. The molecule has 0 amide bonds. The van der Waals surface area contributed by atoms with Gasteiger partial charge in [0.25, 0.3) is 0 Å². The maximum Gasteiger partial charge on any atom is 0.148 e. The topological polar surface area (TPSA) is 49.8 Å². The Morgan fingerprint density at radius 2 is 1.87 bits per heavy atom. The van der Waals surface area contributed by atoms with Crippen LogP contribution < -0.4 is 10.6 Å². The van der Waals surface area contributed by atoms with E-state index in [4.69, 9.17) is 11.6 Å². The molecule has 6 heteroatoms. The summed E-state index contributed by atoms with van der Waals surface area (Å²) in [6.07, 6.45) is 2.35. The molecule has 1 saturated heterocycles. The summed E-state index contributed by atoms with van der Waals surface area (Å²) in [5, 5.41) is 15.8. The van der Waals surface area contributed by atoms with Crippen LogP contribution in [0.2, 0.25) is 5.02 Å². The fourth-order valence-corrected chi connectivity index (χ4v) is 3.95. The highest BCUT2D eigenvalue weighted by molar-refractivity contribution is 6.33. The summed E-state index contributed by atoms with van der Waals surface area (Å²) in [5.74, 6) is 2.00. The molecule has 1 aliphatic carbocycles. The maximum absolute atomic E-state index is 13.4. The predicted molar refractivity (Wildman–Crippen MR) is 88.9 cm³/mol. The van der Waals surface area contributed by atoms with Gasteiger partial charge < -0.3 is 10.6 Å². The minimum absolute atomic E-state index is 0.334. The van der Waals surface area contributed by atoms with Crippen molar-refractivity contribution in [3.05, 3.63) is 41.2 Å². The lowest BCUT2D eigenvalue weighted by Gasteiger charge is -2.14. The molecule has 2 N–H and O–H groups in total. The Labute approximate surface area is 139 Å². The minimum atomic E-state index is -0.334. The van der Waals surface area contributed by atoms with E-state index in [2.05, 4.69) is 20.8 Å². The molecular formula is C17H18ClFN4. The first-order valence-electron chi connectivity index (χ1n) is 7.95. The van der Waals surface area contributed by atoms with Crippen molar-refractivity contribution in [3.8, 4) is 11.3 Å². The second-order valence-corrected chi connectivity index (χ2v) is 6.83. The molecule has 2 unspecified atom stereocenters. The van der Waals surface area contributed by atoms with E-state index in [1.165, 1.54) is 31.0 Å². The molecule has 23 heavy (non-hydrogen) atoms. The largest absolute Gasteiger partial charge is 0.366 e. The maximum atomic E-state index is 13.4. The first-order valence-corrected chi connectivity index (χ1v) is 8.33. The summed E-state index contributed by atoms with van der Waals surface area (Å²) in [5.41, 5.74) is 1.14. The Hall–Kier alpha value is -1.72. The molecule has 1 aromatic heterocycles. The summed E-state index contributed by atoms with van der Waals surface area (Å²) in [6, 6.07) is 8.42. The van der Waals surface area contributed by atoms with E-state index in [9.17, 15) is 4.39 Å². The standard InChI is InChI=1S/C17H18ClFN4/c18-15-2-1-12(19)7-14(15)16-3-4-17(23-22-16)21-13-5-10-8-20-9-11(10)6-13/h1-4,7,10-11,13,20H,5-6,8-9H2,(H,21,23)/t10-,11?,13?/m1/s1. The highest BCUT2D eigenvalue weighted by atomic mass is 35.5. The number of hydrogen-bond acceptors (Lipinski definition) is 4. The fourth-order valence-electron chi connectivity index (χ4n) is 3.74. The van der Waals surface area contributed by atoms with Gasteiger partial charge in [-0.05, 0) is 68.1 Å². The Morgan fingerprint density at radius 1 is 1.09 bits per heavy atom. The molecule has 0 spiro atoms. The van der Waals surface area contributed by atoms with Crippen LogP contribution in [0.1, 0.15) is 12.8 Å². The predicted octanol–water partition coefficient (Wildman–Crippen LogP) is 3.35.